The summed E-state index contributed by atoms with van der Waals surface area (Å²) in [6.45, 7) is 5.75. The summed E-state index contributed by atoms with van der Waals surface area (Å²) in [7, 11) is 0. The molecule has 0 aromatic heterocycles. The summed E-state index contributed by atoms with van der Waals surface area (Å²) in [4.78, 5) is 24.9. The Morgan fingerprint density at radius 2 is 1.87 bits per heavy atom. The number of hydrogen-bond acceptors (Lipinski definition) is 5. The lowest BCUT2D eigenvalue weighted by molar-refractivity contribution is -0.123. The van der Waals surface area contributed by atoms with Crippen molar-refractivity contribution in [2.24, 2.45) is 11.0 Å². The third-order valence-electron chi connectivity index (χ3n) is 4.08. The average Bonchev–Trinajstić information content (AvgIpc) is 2.70. The molecule has 0 aliphatic carbocycles. The van der Waals surface area contributed by atoms with E-state index >= 15 is 0 Å². The number of aromatic hydroxyl groups is 1. The Balaban J connectivity index is 2.06. The maximum atomic E-state index is 12.5. The van der Waals surface area contributed by atoms with Crippen molar-refractivity contribution >= 4 is 41.2 Å². The molecule has 160 valence electrons. The molecule has 0 aliphatic rings. The van der Waals surface area contributed by atoms with E-state index in [-0.39, 0.29) is 22.4 Å². The zero-order chi connectivity index (χ0) is 22.3. The standard InChI is InChI=1S/C21H23Cl2N3O4/c1-4-30-17-10-13(9-16(23)19(17)27)11-24-26-21(29)18(12(2)3)25-20(28)14-5-7-15(22)8-6-14/h5-12,18,27H,4H2,1-3H3,(H,25,28)(H,26,29)/b24-11+. The molecule has 0 saturated carbocycles. The highest BCUT2D eigenvalue weighted by Gasteiger charge is 2.24. The molecule has 30 heavy (non-hydrogen) atoms. The number of hydrazone groups is 1. The van der Waals surface area contributed by atoms with Crippen LogP contribution in [0, 0.1) is 5.92 Å². The van der Waals surface area contributed by atoms with Gasteiger partial charge >= 0.3 is 0 Å². The Morgan fingerprint density at radius 1 is 1.20 bits per heavy atom. The van der Waals surface area contributed by atoms with E-state index in [9.17, 15) is 14.7 Å². The minimum absolute atomic E-state index is 0.101. The monoisotopic (exact) mass is 451 g/mol. The van der Waals surface area contributed by atoms with Crippen LogP contribution in [0.3, 0.4) is 0 Å². The second-order valence-electron chi connectivity index (χ2n) is 6.72. The maximum absolute atomic E-state index is 12.5. The van der Waals surface area contributed by atoms with E-state index in [4.69, 9.17) is 27.9 Å². The molecule has 0 bridgehead atoms. The average molecular weight is 452 g/mol. The van der Waals surface area contributed by atoms with Crippen molar-refractivity contribution in [2.45, 2.75) is 26.8 Å². The van der Waals surface area contributed by atoms with Crippen molar-refractivity contribution in [1.29, 1.82) is 0 Å². The first kappa shape index (κ1) is 23.5. The van der Waals surface area contributed by atoms with Crippen molar-refractivity contribution in [3.8, 4) is 11.5 Å². The van der Waals surface area contributed by atoms with Gasteiger partial charge in [0.1, 0.15) is 6.04 Å². The molecule has 1 unspecified atom stereocenters. The molecule has 2 aromatic carbocycles. The SMILES string of the molecule is CCOc1cc(/C=N/NC(=O)C(NC(=O)c2ccc(Cl)cc2)C(C)C)cc(Cl)c1O. The highest BCUT2D eigenvalue weighted by atomic mass is 35.5. The zero-order valence-corrected chi connectivity index (χ0v) is 18.3. The molecule has 2 rings (SSSR count). The van der Waals surface area contributed by atoms with Crippen molar-refractivity contribution in [3.63, 3.8) is 0 Å². The third kappa shape index (κ3) is 6.37. The molecule has 9 heteroatoms. The highest BCUT2D eigenvalue weighted by molar-refractivity contribution is 6.32. The molecule has 0 spiro atoms. The van der Waals surface area contributed by atoms with Gasteiger partial charge in [0.25, 0.3) is 11.8 Å². The second-order valence-corrected chi connectivity index (χ2v) is 7.56. The largest absolute Gasteiger partial charge is 0.503 e. The number of nitrogens with zero attached hydrogens (tertiary/aromatic N) is 1. The van der Waals surface area contributed by atoms with Crippen LogP contribution in [0.4, 0.5) is 0 Å². The molecule has 2 aromatic rings. The van der Waals surface area contributed by atoms with Gasteiger partial charge in [0.05, 0.1) is 17.8 Å². The highest BCUT2D eigenvalue weighted by Crippen LogP contribution is 2.34. The van der Waals surface area contributed by atoms with E-state index in [0.717, 1.165) is 0 Å². The molecule has 0 aliphatic heterocycles. The summed E-state index contributed by atoms with van der Waals surface area (Å²) in [5, 5.41) is 17.1. The second kappa shape index (κ2) is 10.8. The summed E-state index contributed by atoms with van der Waals surface area (Å²) in [5.74, 6) is -0.990. The van der Waals surface area contributed by atoms with Gasteiger partial charge < -0.3 is 15.2 Å². The first-order valence-corrected chi connectivity index (χ1v) is 10.0. The van der Waals surface area contributed by atoms with Crippen molar-refractivity contribution in [1.82, 2.24) is 10.7 Å². The quantitative estimate of drug-likeness (QED) is 0.416. The lowest BCUT2D eigenvalue weighted by Crippen LogP contribution is -2.48. The Morgan fingerprint density at radius 3 is 2.47 bits per heavy atom. The van der Waals surface area contributed by atoms with Crippen LogP contribution in [-0.2, 0) is 4.79 Å². The van der Waals surface area contributed by atoms with Gasteiger partial charge in [-0.25, -0.2) is 5.43 Å². The maximum Gasteiger partial charge on any atom is 0.262 e. The fourth-order valence-electron chi connectivity index (χ4n) is 2.53. The van der Waals surface area contributed by atoms with Crippen LogP contribution in [0.2, 0.25) is 10.0 Å². The van der Waals surface area contributed by atoms with Crippen LogP contribution in [0.25, 0.3) is 0 Å². The van der Waals surface area contributed by atoms with E-state index in [1.807, 2.05) is 13.8 Å². The normalized spacial score (nSPS) is 12.1. The minimum atomic E-state index is -0.798. The number of carbonyl (C=O) groups excluding carboxylic acids is 2. The van der Waals surface area contributed by atoms with E-state index < -0.39 is 17.9 Å². The van der Waals surface area contributed by atoms with E-state index in [1.165, 1.54) is 12.3 Å². The van der Waals surface area contributed by atoms with Gasteiger partial charge in [-0.15, -0.1) is 0 Å². The first-order chi connectivity index (χ1) is 14.2. The fraction of sp³-hybridized carbons (Fsp3) is 0.286. The zero-order valence-electron chi connectivity index (χ0n) is 16.8. The smallest absolute Gasteiger partial charge is 0.262 e. The molecule has 2 amide bonds. The van der Waals surface area contributed by atoms with Crippen LogP contribution >= 0.6 is 23.2 Å². The molecule has 7 nitrogen and oxygen atoms in total. The molecule has 0 radical (unpaired) electrons. The molecule has 0 saturated heterocycles. The first-order valence-electron chi connectivity index (χ1n) is 9.27. The van der Waals surface area contributed by atoms with Gasteiger partial charge in [-0.2, -0.15) is 5.10 Å². The van der Waals surface area contributed by atoms with Gasteiger partial charge in [-0.3, -0.25) is 9.59 Å². The summed E-state index contributed by atoms with van der Waals surface area (Å²) in [5.41, 5.74) is 3.33. The van der Waals surface area contributed by atoms with Crippen LogP contribution < -0.4 is 15.5 Å². The van der Waals surface area contributed by atoms with Gasteiger partial charge in [-0.05, 0) is 54.8 Å². The Labute approximate surface area is 185 Å². The summed E-state index contributed by atoms with van der Waals surface area (Å²) in [6.07, 6.45) is 1.37. The number of hydrogen-bond donors (Lipinski definition) is 3. The number of amides is 2. The fourth-order valence-corrected chi connectivity index (χ4v) is 2.88. The van der Waals surface area contributed by atoms with E-state index in [1.54, 1.807) is 37.3 Å². The van der Waals surface area contributed by atoms with Crippen LogP contribution in [0.1, 0.15) is 36.7 Å². The van der Waals surface area contributed by atoms with Crippen molar-refractivity contribution in [2.75, 3.05) is 6.61 Å². The molecule has 1 atom stereocenters. The number of halogens is 2. The number of nitrogens with one attached hydrogen (secondary N) is 2. The van der Waals surface area contributed by atoms with Crippen LogP contribution in [0.15, 0.2) is 41.5 Å². The topological polar surface area (TPSA) is 100 Å². The Hall–Kier alpha value is -2.77. The lowest BCUT2D eigenvalue weighted by atomic mass is 10.0. The Bertz CT molecular complexity index is 931. The lowest BCUT2D eigenvalue weighted by Gasteiger charge is -2.20. The minimum Gasteiger partial charge on any atom is -0.503 e. The number of phenols is 1. The molecular formula is C21H23Cl2N3O4. The molecule has 0 heterocycles. The summed E-state index contributed by atoms with van der Waals surface area (Å²) in [6, 6.07) is 8.59. The summed E-state index contributed by atoms with van der Waals surface area (Å²) >= 11 is 11.8. The Kier molecular flexibility index (Phi) is 8.50. The number of carbonyl (C=O) groups is 2. The molecular weight excluding hydrogens is 429 g/mol. The van der Waals surface area contributed by atoms with E-state index in [2.05, 4.69) is 15.8 Å². The van der Waals surface area contributed by atoms with Gasteiger partial charge in [0, 0.05) is 10.6 Å². The van der Waals surface area contributed by atoms with Crippen molar-refractivity contribution in [3.05, 3.63) is 57.6 Å². The number of benzene rings is 2. The summed E-state index contributed by atoms with van der Waals surface area (Å²) < 4.78 is 5.31. The van der Waals surface area contributed by atoms with Crippen LogP contribution in [-0.4, -0.2) is 35.8 Å². The van der Waals surface area contributed by atoms with Crippen LogP contribution in [0.5, 0.6) is 11.5 Å². The van der Waals surface area contributed by atoms with E-state index in [0.29, 0.717) is 22.8 Å². The predicted molar refractivity (Wildman–Crippen MR) is 118 cm³/mol. The number of ether oxygens (including phenoxy) is 1. The number of phenolic OH excluding ortho intramolecular Hbond substituents is 1. The number of rotatable bonds is 8. The molecule has 3 N–H and O–H groups in total. The predicted octanol–water partition coefficient (Wildman–Crippen LogP) is 4.00. The van der Waals surface area contributed by atoms with Gasteiger partial charge in [0.2, 0.25) is 0 Å². The van der Waals surface area contributed by atoms with Gasteiger partial charge in [-0.1, -0.05) is 37.0 Å². The van der Waals surface area contributed by atoms with Gasteiger partial charge in [0.15, 0.2) is 11.5 Å². The van der Waals surface area contributed by atoms with Crippen molar-refractivity contribution < 1.29 is 19.4 Å². The molecule has 0 fully saturated rings. The third-order valence-corrected chi connectivity index (χ3v) is 4.62.